The van der Waals surface area contributed by atoms with Crippen molar-refractivity contribution in [2.24, 2.45) is 0 Å². The largest absolute Gasteiger partial charge is 0.435 e. The van der Waals surface area contributed by atoms with Crippen molar-refractivity contribution in [1.29, 1.82) is 0 Å². The van der Waals surface area contributed by atoms with E-state index in [2.05, 4.69) is 25.2 Å². The molecular weight excluding hydrogens is 470 g/mol. The fraction of sp³-hybridized carbons (Fsp3) is 0.143. The van der Waals surface area contributed by atoms with E-state index in [-0.39, 0.29) is 17.4 Å². The van der Waals surface area contributed by atoms with Gasteiger partial charge in [-0.1, -0.05) is 41.6 Å². The zero-order valence-corrected chi connectivity index (χ0v) is 18.9. The molecule has 0 spiro atoms. The van der Waals surface area contributed by atoms with Gasteiger partial charge in [-0.15, -0.1) is 21.5 Å². The minimum absolute atomic E-state index is 0.0239. The van der Waals surface area contributed by atoms with Crippen molar-refractivity contribution in [3.05, 3.63) is 59.5 Å². The van der Waals surface area contributed by atoms with Gasteiger partial charge in [0.15, 0.2) is 11.0 Å². The summed E-state index contributed by atoms with van der Waals surface area (Å²) in [5.74, 6) is 6.19. The van der Waals surface area contributed by atoms with Crippen LogP contribution in [0.15, 0.2) is 59.1 Å². The first-order valence-electron chi connectivity index (χ1n) is 9.60. The smallest absolute Gasteiger partial charge is 0.387 e. The molecule has 0 saturated heterocycles. The molecule has 0 atom stereocenters. The van der Waals surface area contributed by atoms with Crippen LogP contribution in [0.5, 0.6) is 5.75 Å². The maximum absolute atomic E-state index is 12.4. The van der Waals surface area contributed by atoms with Gasteiger partial charge in [0.25, 0.3) is 0 Å². The van der Waals surface area contributed by atoms with E-state index in [9.17, 15) is 13.6 Å². The molecule has 2 aromatic carbocycles. The number of nitrogens with one attached hydrogen (secondary N) is 1. The molecule has 2 aromatic heterocycles. The summed E-state index contributed by atoms with van der Waals surface area (Å²) in [6.45, 7) is -0.887. The Labute approximate surface area is 195 Å². The molecule has 2 heterocycles. The van der Waals surface area contributed by atoms with Crippen LogP contribution in [-0.4, -0.2) is 38.1 Å². The Bertz CT molecular complexity index is 1240. The normalized spacial score (nSPS) is 11.0. The number of nitrogens with two attached hydrogens (primary N) is 1. The lowest BCUT2D eigenvalue weighted by Gasteiger charge is -2.06. The number of hydrogen-bond acceptors (Lipinski definition) is 8. The van der Waals surface area contributed by atoms with E-state index < -0.39 is 6.61 Å². The average molecular weight is 489 g/mol. The highest BCUT2D eigenvalue weighted by Crippen LogP contribution is 2.27. The van der Waals surface area contributed by atoms with Gasteiger partial charge < -0.3 is 15.9 Å². The van der Waals surface area contributed by atoms with Crippen molar-refractivity contribution in [1.82, 2.24) is 19.9 Å². The molecule has 33 heavy (non-hydrogen) atoms. The number of thioether (sulfide) groups is 1. The predicted octanol–water partition coefficient (Wildman–Crippen LogP) is 4.42. The summed E-state index contributed by atoms with van der Waals surface area (Å²) in [5.41, 5.74) is 3.49. The first-order valence-corrected chi connectivity index (χ1v) is 11.5. The molecule has 4 aromatic rings. The fourth-order valence-electron chi connectivity index (χ4n) is 2.83. The van der Waals surface area contributed by atoms with Crippen molar-refractivity contribution in [3.63, 3.8) is 0 Å². The summed E-state index contributed by atoms with van der Waals surface area (Å²) in [6, 6.07) is 13.8. The molecule has 0 bridgehead atoms. The lowest BCUT2D eigenvalue weighted by Crippen LogP contribution is -2.16. The lowest BCUT2D eigenvalue weighted by molar-refractivity contribution is -0.113. The van der Waals surface area contributed by atoms with Crippen LogP contribution in [0, 0.1) is 6.92 Å². The number of carbonyl (C=O) groups is 1. The number of anilines is 1. The molecule has 4 rings (SSSR count). The Morgan fingerprint density at radius 2 is 1.85 bits per heavy atom. The Kier molecular flexibility index (Phi) is 6.84. The number of nitrogen functional groups attached to an aromatic ring is 1. The number of aromatic nitrogens is 4. The molecule has 0 aliphatic heterocycles. The summed E-state index contributed by atoms with van der Waals surface area (Å²) < 4.78 is 30.1. The van der Waals surface area contributed by atoms with Gasteiger partial charge in [-0.2, -0.15) is 8.78 Å². The summed E-state index contributed by atoms with van der Waals surface area (Å²) in [6.07, 6.45) is 0. The molecule has 3 N–H and O–H groups in total. The Morgan fingerprint density at radius 3 is 2.55 bits per heavy atom. The summed E-state index contributed by atoms with van der Waals surface area (Å²) in [4.78, 5) is 16.8. The average Bonchev–Trinajstić information content (AvgIpc) is 3.40. The number of ether oxygens (including phenoxy) is 1. The summed E-state index contributed by atoms with van der Waals surface area (Å²) in [7, 11) is 0. The highest BCUT2D eigenvalue weighted by Gasteiger charge is 2.15. The second-order valence-corrected chi connectivity index (χ2v) is 8.62. The minimum Gasteiger partial charge on any atom is -0.435 e. The lowest BCUT2D eigenvalue weighted by atomic mass is 10.1. The third kappa shape index (κ3) is 5.65. The van der Waals surface area contributed by atoms with Crippen LogP contribution < -0.4 is 15.9 Å². The topological polar surface area (TPSA) is 108 Å². The molecule has 170 valence electrons. The third-order valence-electron chi connectivity index (χ3n) is 4.43. The highest BCUT2D eigenvalue weighted by molar-refractivity contribution is 7.99. The van der Waals surface area contributed by atoms with Crippen LogP contribution in [0.4, 0.5) is 13.9 Å². The zero-order valence-electron chi connectivity index (χ0n) is 17.2. The van der Waals surface area contributed by atoms with Crippen LogP contribution >= 0.6 is 23.1 Å². The third-order valence-corrected chi connectivity index (χ3v) is 6.13. The standard InChI is InChI=1S/C21H18F2N6O2S2/c1-12-2-4-13(5-3-12)16-10-32-20(25-16)26-17(30)11-33-21-28-27-18(29(21)24)14-6-8-15(9-7-14)31-19(22)23/h2-10,19H,11,24H2,1H3,(H,25,26,30). The Balaban J connectivity index is 1.34. The second kappa shape index (κ2) is 9.96. The van der Waals surface area contributed by atoms with Gasteiger partial charge in [0.2, 0.25) is 11.1 Å². The molecule has 0 aliphatic carbocycles. The summed E-state index contributed by atoms with van der Waals surface area (Å²) >= 11 is 2.45. The van der Waals surface area contributed by atoms with Crippen LogP contribution in [0.2, 0.25) is 0 Å². The monoisotopic (exact) mass is 488 g/mol. The summed E-state index contributed by atoms with van der Waals surface area (Å²) in [5, 5.41) is 13.5. The van der Waals surface area contributed by atoms with E-state index in [1.54, 1.807) is 12.1 Å². The maximum Gasteiger partial charge on any atom is 0.387 e. The molecule has 8 nitrogen and oxygen atoms in total. The molecular formula is C21H18F2N6O2S2. The maximum atomic E-state index is 12.4. The number of amides is 1. The van der Waals surface area contributed by atoms with Gasteiger partial charge in [-0.25, -0.2) is 9.66 Å². The molecule has 0 aliphatic rings. The number of hydrogen-bond donors (Lipinski definition) is 2. The van der Waals surface area contributed by atoms with Gasteiger partial charge in [-0.3, -0.25) is 4.79 Å². The van der Waals surface area contributed by atoms with Gasteiger partial charge in [-0.05, 0) is 31.2 Å². The number of thiazole rings is 1. The van der Waals surface area contributed by atoms with E-state index in [0.29, 0.717) is 21.7 Å². The van der Waals surface area contributed by atoms with Gasteiger partial charge in [0.1, 0.15) is 5.75 Å². The van der Waals surface area contributed by atoms with E-state index >= 15 is 0 Å². The second-order valence-electron chi connectivity index (χ2n) is 6.82. The number of rotatable bonds is 8. The van der Waals surface area contributed by atoms with Gasteiger partial charge in [0.05, 0.1) is 11.4 Å². The van der Waals surface area contributed by atoms with E-state index in [1.165, 1.54) is 28.1 Å². The van der Waals surface area contributed by atoms with Crippen molar-refractivity contribution in [3.8, 4) is 28.4 Å². The van der Waals surface area contributed by atoms with E-state index in [0.717, 1.165) is 28.6 Å². The zero-order chi connectivity index (χ0) is 23.4. The molecule has 0 fully saturated rings. The minimum atomic E-state index is -2.90. The molecule has 12 heteroatoms. The van der Waals surface area contributed by atoms with Crippen molar-refractivity contribution >= 4 is 34.1 Å². The fourth-order valence-corrected chi connectivity index (χ4v) is 4.22. The van der Waals surface area contributed by atoms with Crippen LogP contribution in [0.3, 0.4) is 0 Å². The van der Waals surface area contributed by atoms with Crippen LogP contribution in [-0.2, 0) is 4.79 Å². The Hall–Kier alpha value is -3.51. The first-order chi connectivity index (χ1) is 15.9. The van der Waals surface area contributed by atoms with Crippen molar-refractivity contribution in [2.45, 2.75) is 18.7 Å². The quantitative estimate of drug-likeness (QED) is 0.279. The van der Waals surface area contributed by atoms with Crippen molar-refractivity contribution < 1.29 is 18.3 Å². The predicted molar refractivity (Wildman–Crippen MR) is 124 cm³/mol. The number of halogens is 2. The number of alkyl halides is 2. The molecule has 0 unspecified atom stereocenters. The molecule has 1 amide bonds. The van der Waals surface area contributed by atoms with Crippen LogP contribution in [0.25, 0.3) is 22.6 Å². The van der Waals surface area contributed by atoms with E-state index in [1.807, 2.05) is 36.6 Å². The molecule has 0 saturated carbocycles. The van der Waals surface area contributed by atoms with E-state index in [4.69, 9.17) is 5.84 Å². The first kappa shape index (κ1) is 22.7. The number of carbonyl (C=O) groups excluding carboxylic acids is 1. The number of benzene rings is 2. The van der Waals surface area contributed by atoms with Crippen LogP contribution in [0.1, 0.15) is 5.56 Å². The number of nitrogens with zero attached hydrogens (tertiary/aromatic N) is 4. The SMILES string of the molecule is Cc1ccc(-c2csc(NC(=O)CSc3nnc(-c4ccc(OC(F)F)cc4)n3N)n2)cc1. The molecule has 0 radical (unpaired) electrons. The highest BCUT2D eigenvalue weighted by atomic mass is 32.2. The Morgan fingerprint density at radius 1 is 1.15 bits per heavy atom. The van der Waals surface area contributed by atoms with Gasteiger partial charge in [0, 0.05) is 16.5 Å². The van der Waals surface area contributed by atoms with Crippen molar-refractivity contribution in [2.75, 3.05) is 16.9 Å². The number of aryl methyl sites for hydroxylation is 1. The van der Waals surface area contributed by atoms with Gasteiger partial charge >= 0.3 is 6.61 Å².